The molecule has 2 rings (SSSR count). The van der Waals surface area contributed by atoms with Crippen LogP contribution in [-0.2, 0) is 0 Å². The van der Waals surface area contributed by atoms with Crippen LogP contribution in [0.2, 0.25) is 0 Å². The van der Waals surface area contributed by atoms with E-state index < -0.39 is 11.9 Å². The fourth-order valence-electron chi connectivity index (χ4n) is 0.812. The molecular formula is C6H5KN2O3. The summed E-state index contributed by atoms with van der Waals surface area (Å²) in [6, 6.07) is 0. The molecule has 1 heterocycles. The third-order valence-corrected chi connectivity index (χ3v) is 1.54. The van der Waals surface area contributed by atoms with Crippen molar-refractivity contribution in [1.82, 2.24) is 10.2 Å². The summed E-state index contributed by atoms with van der Waals surface area (Å²) in [6.45, 7) is 0. The number of rotatable bonds is 2. The van der Waals surface area contributed by atoms with Crippen molar-refractivity contribution in [2.24, 2.45) is 0 Å². The summed E-state index contributed by atoms with van der Waals surface area (Å²) in [5, 5.41) is 17.0. The average molecular weight is 192 g/mol. The second kappa shape index (κ2) is 3.97. The first-order valence-corrected chi connectivity index (χ1v) is 3.32. The Morgan fingerprint density at radius 1 is 1.50 bits per heavy atom. The van der Waals surface area contributed by atoms with Crippen molar-refractivity contribution in [3.8, 4) is 0 Å². The van der Waals surface area contributed by atoms with Gasteiger partial charge in [-0.1, -0.05) is 0 Å². The third kappa shape index (κ3) is 2.14. The molecule has 0 aromatic carbocycles. The van der Waals surface area contributed by atoms with Gasteiger partial charge in [-0.15, -0.1) is 10.2 Å². The van der Waals surface area contributed by atoms with Gasteiger partial charge in [-0.2, -0.15) is 0 Å². The van der Waals surface area contributed by atoms with E-state index in [-0.39, 0.29) is 57.3 Å². The predicted molar refractivity (Wildman–Crippen MR) is 30.6 cm³/mol. The largest absolute Gasteiger partial charge is 1.00 e. The zero-order valence-electron chi connectivity index (χ0n) is 6.61. The summed E-state index contributed by atoms with van der Waals surface area (Å²) in [6.07, 6.45) is 2.02. The monoisotopic (exact) mass is 192 g/mol. The quantitative estimate of drug-likeness (QED) is 0.451. The van der Waals surface area contributed by atoms with Crippen LogP contribution in [0, 0.1) is 0 Å². The summed E-state index contributed by atoms with van der Waals surface area (Å²) >= 11 is 0. The molecule has 1 aromatic rings. The second-order valence-electron chi connectivity index (χ2n) is 2.51. The Bertz CT molecular complexity index is 295. The molecule has 0 N–H and O–H groups in total. The van der Waals surface area contributed by atoms with Gasteiger partial charge in [0.15, 0.2) is 0 Å². The van der Waals surface area contributed by atoms with Gasteiger partial charge >= 0.3 is 51.4 Å². The van der Waals surface area contributed by atoms with Crippen molar-refractivity contribution >= 4 is 5.97 Å². The molecule has 1 aliphatic rings. The number of nitrogens with zero attached hydrogens (tertiary/aromatic N) is 2. The van der Waals surface area contributed by atoms with Crippen molar-refractivity contribution in [2.75, 3.05) is 0 Å². The summed E-state index contributed by atoms with van der Waals surface area (Å²) in [5.41, 5.74) is 0. The number of carbonyl (C=O) groups is 1. The molecule has 0 unspecified atom stereocenters. The van der Waals surface area contributed by atoms with Crippen LogP contribution in [0.3, 0.4) is 0 Å². The van der Waals surface area contributed by atoms with E-state index in [1.165, 1.54) is 0 Å². The molecule has 0 saturated heterocycles. The van der Waals surface area contributed by atoms with Crippen LogP contribution in [0.25, 0.3) is 0 Å². The summed E-state index contributed by atoms with van der Waals surface area (Å²) in [5.74, 6) is -1.13. The molecule has 58 valence electrons. The molecule has 1 saturated carbocycles. The normalized spacial score (nSPS) is 15.3. The summed E-state index contributed by atoms with van der Waals surface area (Å²) in [7, 11) is 0. The van der Waals surface area contributed by atoms with Crippen molar-refractivity contribution < 1.29 is 65.7 Å². The van der Waals surface area contributed by atoms with Crippen molar-refractivity contribution in [3.05, 3.63) is 11.8 Å². The van der Waals surface area contributed by atoms with Gasteiger partial charge in [0.25, 0.3) is 5.89 Å². The van der Waals surface area contributed by atoms with Crippen molar-refractivity contribution in [3.63, 3.8) is 0 Å². The van der Waals surface area contributed by atoms with Gasteiger partial charge in [0.2, 0.25) is 5.89 Å². The van der Waals surface area contributed by atoms with Crippen LogP contribution in [0.15, 0.2) is 4.42 Å². The summed E-state index contributed by atoms with van der Waals surface area (Å²) in [4.78, 5) is 10.1. The van der Waals surface area contributed by atoms with Gasteiger partial charge in [-0.25, -0.2) is 0 Å². The standard InChI is InChI=1S/C6H6N2O3.K/c9-6(10)5-8-7-4(11-5)3-1-2-3;/h3H,1-2H2,(H,9,10);/q;+1/p-1. The van der Waals surface area contributed by atoms with Crippen LogP contribution in [0.4, 0.5) is 0 Å². The van der Waals surface area contributed by atoms with Gasteiger partial charge in [-0.3, -0.25) is 0 Å². The number of carboxylic acids is 1. The molecule has 1 fully saturated rings. The third-order valence-electron chi connectivity index (χ3n) is 1.54. The minimum absolute atomic E-state index is 0. The van der Waals surface area contributed by atoms with Gasteiger partial charge < -0.3 is 14.3 Å². The number of carboxylic acid groups (broad SMARTS) is 1. The van der Waals surface area contributed by atoms with Crippen LogP contribution >= 0.6 is 0 Å². The van der Waals surface area contributed by atoms with Gasteiger partial charge in [-0.05, 0) is 12.8 Å². The Balaban J connectivity index is 0.000000720. The number of aromatic carboxylic acids is 1. The maximum absolute atomic E-state index is 10.1. The molecule has 0 amide bonds. The topological polar surface area (TPSA) is 79.0 Å². The molecule has 6 heteroatoms. The van der Waals surface area contributed by atoms with Crippen molar-refractivity contribution in [2.45, 2.75) is 18.8 Å². The Hall–Kier alpha value is 0.246. The van der Waals surface area contributed by atoms with E-state index in [9.17, 15) is 9.90 Å². The smallest absolute Gasteiger partial charge is 0.540 e. The van der Waals surface area contributed by atoms with E-state index >= 15 is 0 Å². The maximum atomic E-state index is 10.1. The molecule has 1 aliphatic carbocycles. The molecule has 0 spiro atoms. The van der Waals surface area contributed by atoms with E-state index in [0.29, 0.717) is 5.89 Å². The summed E-state index contributed by atoms with van der Waals surface area (Å²) < 4.78 is 4.78. The molecule has 0 bridgehead atoms. The molecular weight excluding hydrogens is 187 g/mol. The molecule has 0 atom stereocenters. The number of carbonyl (C=O) groups excluding carboxylic acids is 1. The Labute approximate surface area is 111 Å². The maximum Gasteiger partial charge on any atom is 1.00 e. The fourth-order valence-corrected chi connectivity index (χ4v) is 0.812. The second-order valence-corrected chi connectivity index (χ2v) is 2.51. The van der Waals surface area contributed by atoms with Gasteiger partial charge in [0, 0.05) is 5.92 Å². The van der Waals surface area contributed by atoms with E-state index in [1.54, 1.807) is 0 Å². The first kappa shape index (κ1) is 10.3. The Kier molecular flexibility index (Phi) is 3.42. The van der Waals surface area contributed by atoms with Gasteiger partial charge in [0.05, 0.1) is 0 Å². The Morgan fingerprint density at radius 3 is 2.58 bits per heavy atom. The first-order valence-electron chi connectivity index (χ1n) is 3.32. The van der Waals surface area contributed by atoms with Crippen LogP contribution < -0.4 is 56.5 Å². The van der Waals surface area contributed by atoms with E-state index in [0.717, 1.165) is 12.8 Å². The van der Waals surface area contributed by atoms with E-state index in [1.807, 2.05) is 0 Å². The number of hydrogen-bond acceptors (Lipinski definition) is 5. The van der Waals surface area contributed by atoms with Gasteiger partial charge in [0.1, 0.15) is 5.97 Å². The minimum Gasteiger partial charge on any atom is -0.540 e. The van der Waals surface area contributed by atoms with Crippen LogP contribution in [0.5, 0.6) is 0 Å². The molecule has 0 radical (unpaired) electrons. The fraction of sp³-hybridized carbons (Fsp3) is 0.500. The van der Waals surface area contributed by atoms with Crippen molar-refractivity contribution in [1.29, 1.82) is 0 Å². The molecule has 5 nitrogen and oxygen atoms in total. The number of hydrogen-bond donors (Lipinski definition) is 0. The average Bonchev–Trinajstić information content (AvgIpc) is 2.68. The van der Waals surface area contributed by atoms with E-state index in [2.05, 4.69) is 10.2 Å². The molecule has 0 aliphatic heterocycles. The van der Waals surface area contributed by atoms with Crippen LogP contribution in [0.1, 0.15) is 35.3 Å². The zero-order valence-corrected chi connectivity index (χ0v) is 9.73. The Morgan fingerprint density at radius 2 is 2.17 bits per heavy atom. The molecule has 1 aromatic heterocycles. The van der Waals surface area contributed by atoms with Crippen LogP contribution in [-0.4, -0.2) is 16.2 Å². The number of aromatic nitrogens is 2. The molecule has 12 heavy (non-hydrogen) atoms. The predicted octanol–water partition coefficient (Wildman–Crippen LogP) is -3.69. The zero-order chi connectivity index (χ0) is 7.84. The minimum atomic E-state index is -1.41. The first-order chi connectivity index (χ1) is 5.27. The van der Waals surface area contributed by atoms with E-state index in [4.69, 9.17) is 4.42 Å². The SMILES string of the molecule is O=C([O-])c1nnc(C2CC2)o1.[K+].